The first-order chi connectivity index (χ1) is 32.3. The number of hydrogen-bond acceptors (Lipinski definition) is 12. The predicted molar refractivity (Wildman–Crippen MR) is 262 cm³/mol. The Balaban J connectivity index is 2.34. The van der Waals surface area contributed by atoms with Crippen LogP contribution in [0.1, 0.15) is 124 Å². The van der Waals surface area contributed by atoms with Crippen molar-refractivity contribution in [3.63, 3.8) is 0 Å². The topological polar surface area (TPSA) is 337 Å². The number of carbonyl (C=O) groups excluding carboxylic acids is 8. The van der Waals surface area contributed by atoms with Gasteiger partial charge in [0.1, 0.15) is 42.3 Å². The van der Waals surface area contributed by atoms with Gasteiger partial charge in [-0.25, -0.2) is 0 Å². The first-order valence-corrected chi connectivity index (χ1v) is 24.6. The molecule has 0 radical (unpaired) electrons. The molecule has 16 N–H and O–H groups in total. The summed E-state index contributed by atoms with van der Waals surface area (Å²) in [7, 11) is 0. The van der Waals surface area contributed by atoms with Crippen molar-refractivity contribution in [2.24, 2.45) is 40.7 Å². The number of nitrogens with one attached hydrogen (secondary N) is 8. The monoisotopic (exact) mass is 957 g/mol. The molecular formula is C48H84N12O8. The normalized spacial score (nSPS) is 16.7. The zero-order valence-electron chi connectivity index (χ0n) is 41.3. The molecule has 2 rings (SSSR count). The predicted octanol–water partition coefficient (Wildman–Crippen LogP) is -0.395. The second kappa shape index (κ2) is 31.8. The summed E-state index contributed by atoms with van der Waals surface area (Å²) < 4.78 is 0. The third-order valence-corrected chi connectivity index (χ3v) is 11.6. The largest absolute Gasteiger partial charge is 0.368 e. The van der Waals surface area contributed by atoms with Gasteiger partial charge in [0.05, 0.1) is 6.04 Å². The molecule has 8 atom stereocenters. The Hall–Kier alpha value is -5.18. The van der Waals surface area contributed by atoms with Crippen LogP contribution in [0.4, 0.5) is 0 Å². The summed E-state index contributed by atoms with van der Waals surface area (Å²) in [5.74, 6) is -5.01. The summed E-state index contributed by atoms with van der Waals surface area (Å²) in [5, 5.41) is 22.6. The Labute approximate surface area is 403 Å². The van der Waals surface area contributed by atoms with E-state index in [0.717, 1.165) is 12.0 Å². The summed E-state index contributed by atoms with van der Waals surface area (Å²) >= 11 is 0. The lowest BCUT2D eigenvalue weighted by Gasteiger charge is -2.29. The van der Waals surface area contributed by atoms with Crippen LogP contribution in [0, 0.1) is 17.8 Å². The zero-order valence-corrected chi connectivity index (χ0v) is 41.3. The molecule has 0 unspecified atom stereocenters. The van der Waals surface area contributed by atoms with Gasteiger partial charge in [-0.3, -0.25) is 38.4 Å². The van der Waals surface area contributed by atoms with Crippen LogP contribution in [0.2, 0.25) is 0 Å². The molecule has 1 fully saturated rings. The van der Waals surface area contributed by atoms with E-state index >= 15 is 0 Å². The lowest BCUT2D eigenvalue weighted by Crippen LogP contribution is -2.60. The van der Waals surface area contributed by atoms with Gasteiger partial charge in [0.25, 0.3) is 0 Å². The highest BCUT2D eigenvalue weighted by Gasteiger charge is 2.35. The standard InChI is InChI=1S/C48H84N12O8/c1-29(2)25-37(41(52)61)57-43(63)34(17-10-12-21-49)54-46(66)38(26-30(3)4)58-44(64)35(18-11-13-22-50)55-47(67)39(27-31(5)6)59-45(65)36(20-23-51)56-48(68)40(28-32-15-8-7-9-16-32)60-42(62)33-19-14-24-53-33/h7-9,15-16,29-31,33-40,53H,10-14,17-28,49-51H2,1-6H3,(H2,52,61)(H,54,66)(H,55,67)(H,56,68)(H,57,63)(H,58,64)(H,59,65)(H,60,62)/t33-,34-,35-,36-,37-,38-,39-,40-/m0/s1. The number of benzene rings is 1. The smallest absolute Gasteiger partial charge is 0.243 e. The van der Waals surface area contributed by atoms with Crippen molar-refractivity contribution in [2.75, 3.05) is 26.2 Å². The molecule has 1 heterocycles. The van der Waals surface area contributed by atoms with Crippen LogP contribution in [-0.2, 0) is 44.8 Å². The molecule has 1 aromatic rings. The average Bonchev–Trinajstić information content (AvgIpc) is 3.83. The fraction of sp³-hybridized carbons (Fsp3) is 0.708. The second-order valence-electron chi connectivity index (χ2n) is 19.2. The highest BCUT2D eigenvalue weighted by atomic mass is 16.2. The lowest BCUT2D eigenvalue weighted by molar-refractivity contribution is -0.136. The molecule has 1 aliphatic rings. The molecule has 1 saturated heterocycles. The molecule has 20 nitrogen and oxygen atoms in total. The Morgan fingerprint density at radius 1 is 0.515 bits per heavy atom. The van der Waals surface area contributed by atoms with Gasteiger partial charge in [0.15, 0.2) is 0 Å². The lowest BCUT2D eigenvalue weighted by atomic mass is 9.99. The summed E-state index contributed by atoms with van der Waals surface area (Å²) in [4.78, 5) is 109. The van der Waals surface area contributed by atoms with Crippen molar-refractivity contribution in [1.82, 2.24) is 42.5 Å². The molecule has 0 aliphatic carbocycles. The molecule has 0 saturated carbocycles. The number of nitrogens with two attached hydrogens (primary N) is 4. The number of amides is 8. The number of rotatable bonds is 33. The van der Waals surface area contributed by atoms with Gasteiger partial charge in [0, 0.05) is 6.42 Å². The van der Waals surface area contributed by atoms with E-state index in [0.29, 0.717) is 58.2 Å². The third-order valence-electron chi connectivity index (χ3n) is 11.6. The van der Waals surface area contributed by atoms with E-state index < -0.39 is 89.7 Å². The number of primary amides is 1. The molecule has 68 heavy (non-hydrogen) atoms. The number of unbranched alkanes of at least 4 members (excludes halogenated alkanes) is 2. The summed E-state index contributed by atoms with van der Waals surface area (Å²) in [5.41, 5.74) is 23.8. The van der Waals surface area contributed by atoms with Crippen LogP contribution in [0.15, 0.2) is 30.3 Å². The highest BCUT2D eigenvalue weighted by molar-refractivity contribution is 5.97. The summed E-state index contributed by atoms with van der Waals surface area (Å²) in [6, 6.07) is 1.07. The van der Waals surface area contributed by atoms with Crippen LogP contribution < -0.4 is 65.5 Å². The maximum Gasteiger partial charge on any atom is 0.243 e. The minimum atomic E-state index is -1.17. The van der Waals surface area contributed by atoms with Gasteiger partial charge in [0.2, 0.25) is 47.3 Å². The zero-order chi connectivity index (χ0) is 50.8. The van der Waals surface area contributed by atoms with E-state index in [1.165, 1.54) is 0 Å². The fourth-order valence-electron chi connectivity index (χ4n) is 7.96. The second-order valence-corrected chi connectivity index (χ2v) is 19.2. The van der Waals surface area contributed by atoms with Crippen molar-refractivity contribution in [2.45, 2.75) is 173 Å². The number of carbonyl (C=O) groups is 8. The van der Waals surface area contributed by atoms with Gasteiger partial charge in [-0.15, -0.1) is 0 Å². The molecule has 1 aromatic carbocycles. The van der Waals surface area contributed by atoms with Gasteiger partial charge in [-0.05, 0) is 127 Å². The fourth-order valence-corrected chi connectivity index (χ4v) is 7.96. The van der Waals surface area contributed by atoms with Gasteiger partial charge in [-0.1, -0.05) is 71.9 Å². The molecule has 8 amide bonds. The van der Waals surface area contributed by atoms with Gasteiger partial charge in [-0.2, -0.15) is 0 Å². The molecule has 20 heteroatoms. The molecule has 0 bridgehead atoms. The number of hydrogen-bond donors (Lipinski definition) is 12. The van der Waals surface area contributed by atoms with E-state index in [1.54, 1.807) is 0 Å². The maximum absolute atomic E-state index is 14.2. The molecule has 0 aromatic heterocycles. The van der Waals surface area contributed by atoms with E-state index in [9.17, 15) is 38.4 Å². The first-order valence-electron chi connectivity index (χ1n) is 24.6. The van der Waals surface area contributed by atoms with Crippen molar-refractivity contribution in [3.05, 3.63) is 35.9 Å². The maximum atomic E-state index is 14.2. The van der Waals surface area contributed by atoms with Crippen LogP contribution in [0.3, 0.4) is 0 Å². The molecule has 384 valence electrons. The average molecular weight is 957 g/mol. The van der Waals surface area contributed by atoms with Crippen molar-refractivity contribution in [3.8, 4) is 0 Å². The van der Waals surface area contributed by atoms with Crippen LogP contribution >= 0.6 is 0 Å². The van der Waals surface area contributed by atoms with Crippen LogP contribution in [0.25, 0.3) is 0 Å². The highest BCUT2D eigenvalue weighted by Crippen LogP contribution is 2.14. The van der Waals surface area contributed by atoms with Crippen LogP contribution in [0.5, 0.6) is 0 Å². The van der Waals surface area contributed by atoms with E-state index in [1.807, 2.05) is 71.9 Å². The molecule has 0 spiro atoms. The Morgan fingerprint density at radius 3 is 1.31 bits per heavy atom. The Kier molecular flexibility index (Phi) is 27.6. The first kappa shape index (κ1) is 58.9. The minimum absolute atomic E-state index is 0.0147. The van der Waals surface area contributed by atoms with Gasteiger partial charge >= 0.3 is 0 Å². The minimum Gasteiger partial charge on any atom is -0.368 e. The molecular weight excluding hydrogens is 873 g/mol. The van der Waals surface area contributed by atoms with Gasteiger partial charge < -0.3 is 65.5 Å². The van der Waals surface area contributed by atoms with E-state index in [4.69, 9.17) is 22.9 Å². The summed E-state index contributed by atoms with van der Waals surface area (Å²) in [6.45, 7) is 12.6. The SMILES string of the molecule is CC(C)C[C@H](NC(=O)[C@H](CCCCN)NC(=O)[C@H](CC(C)C)NC(=O)[C@H](CCCCN)NC(=O)[C@H](CC(C)C)NC(=O)[C@H](CCN)NC(=O)[C@H](Cc1ccccc1)NC(=O)[C@@H]1CCCN1)C(N)=O. The van der Waals surface area contributed by atoms with E-state index in [-0.39, 0.29) is 68.7 Å². The third kappa shape index (κ3) is 22.3. The summed E-state index contributed by atoms with van der Waals surface area (Å²) in [6.07, 6.45) is 4.70. The van der Waals surface area contributed by atoms with Crippen LogP contribution in [-0.4, -0.2) is 122 Å². The van der Waals surface area contributed by atoms with E-state index in [2.05, 4.69) is 42.5 Å². The van der Waals surface area contributed by atoms with Crippen molar-refractivity contribution >= 4 is 47.3 Å². The Bertz CT molecular complexity index is 1740. The quantitative estimate of drug-likeness (QED) is 0.0401. The Morgan fingerprint density at radius 2 is 0.912 bits per heavy atom. The molecule has 1 aliphatic heterocycles. The van der Waals surface area contributed by atoms with Crippen molar-refractivity contribution < 1.29 is 38.4 Å². The van der Waals surface area contributed by atoms with Crippen molar-refractivity contribution in [1.29, 1.82) is 0 Å².